The van der Waals surface area contributed by atoms with Crippen LogP contribution in [0.15, 0.2) is 0 Å². The smallest absolute Gasteiger partial charge is 0.0900 e. The molecule has 0 aromatic rings. The van der Waals surface area contributed by atoms with Crippen LogP contribution < -0.4 is 0 Å². The van der Waals surface area contributed by atoms with Gasteiger partial charge in [-0.05, 0) is 58.3 Å². The summed E-state index contributed by atoms with van der Waals surface area (Å²) in [6, 6.07) is 0.903. The average molecular weight is 314 g/mol. The Bertz CT molecular complexity index is 296. The maximum absolute atomic E-state index is 10.4. The van der Waals surface area contributed by atoms with Gasteiger partial charge in [0.1, 0.15) is 0 Å². The first-order chi connectivity index (χ1) is 10.2. The van der Waals surface area contributed by atoms with Crippen molar-refractivity contribution in [3.05, 3.63) is 0 Å². The van der Waals surface area contributed by atoms with Crippen LogP contribution in [0.5, 0.6) is 0 Å². The molecule has 1 N–H and O–H groups in total. The second kappa shape index (κ2) is 9.24. The predicted molar refractivity (Wildman–Crippen MR) is 94.1 cm³/mol. The number of hydrogen-bond acceptors (Lipinski definition) is 3. The van der Waals surface area contributed by atoms with E-state index in [1.807, 2.05) is 0 Å². The topological polar surface area (TPSA) is 32.7 Å². The van der Waals surface area contributed by atoms with Crippen molar-refractivity contribution in [1.29, 1.82) is 0 Å². The lowest BCUT2D eigenvalue weighted by Crippen LogP contribution is -2.44. The van der Waals surface area contributed by atoms with E-state index in [-0.39, 0.29) is 0 Å². The number of ether oxygens (including phenoxy) is 1. The van der Waals surface area contributed by atoms with Crippen molar-refractivity contribution in [2.45, 2.75) is 92.0 Å². The van der Waals surface area contributed by atoms with Gasteiger partial charge < -0.3 is 9.84 Å². The Morgan fingerprint density at radius 3 is 2.14 bits per heavy atom. The van der Waals surface area contributed by atoms with E-state index >= 15 is 0 Å². The molecule has 1 aliphatic rings. The lowest BCUT2D eigenvalue weighted by atomic mass is 9.75. The van der Waals surface area contributed by atoms with Crippen LogP contribution in [0.1, 0.15) is 67.7 Å². The summed E-state index contributed by atoms with van der Waals surface area (Å²) in [5, 5.41) is 10.4. The van der Waals surface area contributed by atoms with E-state index < -0.39 is 6.10 Å². The molecule has 1 aliphatic carbocycles. The summed E-state index contributed by atoms with van der Waals surface area (Å²) in [5.74, 6) is 2.06. The molecule has 0 bridgehead atoms. The largest absolute Gasteiger partial charge is 0.389 e. The fourth-order valence-corrected chi connectivity index (χ4v) is 3.86. The predicted octanol–water partition coefficient (Wildman–Crippen LogP) is 3.94. The second-order valence-electron chi connectivity index (χ2n) is 8.24. The monoisotopic (exact) mass is 313 g/mol. The van der Waals surface area contributed by atoms with Crippen LogP contribution in [-0.4, -0.2) is 47.4 Å². The molecule has 0 aliphatic heterocycles. The molecule has 0 unspecified atom stereocenters. The van der Waals surface area contributed by atoms with Gasteiger partial charge in [0.25, 0.3) is 0 Å². The normalized spacial score (nSPS) is 28.1. The van der Waals surface area contributed by atoms with E-state index in [0.29, 0.717) is 43.2 Å². The lowest BCUT2D eigenvalue weighted by molar-refractivity contribution is -0.0767. The van der Waals surface area contributed by atoms with Gasteiger partial charge in [-0.2, -0.15) is 0 Å². The summed E-state index contributed by atoms with van der Waals surface area (Å²) >= 11 is 0. The van der Waals surface area contributed by atoms with E-state index in [2.05, 4.69) is 53.4 Å². The van der Waals surface area contributed by atoms with Crippen molar-refractivity contribution in [2.75, 3.05) is 13.2 Å². The van der Waals surface area contributed by atoms with E-state index in [9.17, 15) is 5.11 Å². The molecule has 3 nitrogen and oxygen atoms in total. The summed E-state index contributed by atoms with van der Waals surface area (Å²) in [6.07, 6.45) is 3.66. The maximum Gasteiger partial charge on any atom is 0.0900 e. The molecule has 0 amide bonds. The number of rotatable bonds is 8. The van der Waals surface area contributed by atoms with Crippen molar-refractivity contribution in [1.82, 2.24) is 4.90 Å². The van der Waals surface area contributed by atoms with E-state index in [1.165, 1.54) is 12.8 Å². The quantitative estimate of drug-likeness (QED) is 0.736. The highest BCUT2D eigenvalue weighted by atomic mass is 16.5. The maximum atomic E-state index is 10.4. The minimum atomic E-state index is -0.394. The van der Waals surface area contributed by atoms with Gasteiger partial charge in [0.2, 0.25) is 0 Å². The summed E-state index contributed by atoms with van der Waals surface area (Å²) < 4.78 is 6.17. The molecule has 1 rings (SSSR count). The van der Waals surface area contributed by atoms with Crippen LogP contribution in [0, 0.1) is 17.8 Å². The van der Waals surface area contributed by atoms with E-state index in [4.69, 9.17) is 4.74 Å². The Labute approximate surface area is 138 Å². The molecule has 0 aromatic heterocycles. The minimum absolute atomic E-state index is 0.324. The lowest BCUT2D eigenvalue weighted by Gasteiger charge is -2.38. The fraction of sp³-hybridized carbons (Fsp3) is 1.00. The van der Waals surface area contributed by atoms with Crippen molar-refractivity contribution in [3.8, 4) is 0 Å². The number of aliphatic hydroxyl groups is 1. The van der Waals surface area contributed by atoms with E-state index in [0.717, 1.165) is 12.3 Å². The third-order valence-corrected chi connectivity index (χ3v) is 5.21. The van der Waals surface area contributed by atoms with Gasteiger partial charge in [-0.1, -0.05) is 27.2 Å². The molecule has 0 heterocycles. The first-order valence-electron chi connectivity index (χ1n) is 9.27. The van der Waals surface area contributed by atoms with Crippen molar-refractivity contribution in [3.63, 3.8) is 0 Å². The zero-order chi connectivity index (χ0) is 16.9. The fourth-order valence-electron chi connectivity index (χ4n) is 3.86. The second-order valence-corrected chi connectivity index (χ2v) is 8.24. The summed E-state index contributed by atoms with van der Waals surface area (Å²) in [5.41, 5.74) is 0. The third kappa shape index (κ3) is 6.17. The molecule has 0 radical (unpaired) electrons. The number of aliphatic hydroxyl groups excluding tert-OH is 1. The molecular weight excluding hydrogens is 274 g/mol. The van der Waals surface area contributed by atoms with Crippen LogP contribution in [0.4, 0.5) is 0 Å². The van der Waals surface area contributed by atoms with Gasteiger partial charge in [-0.25, -0.2) is 0 Å². The van der Waals surface area contributed by atoms with Crippen molar-refractivity contribution >= 4 is 0 Å². The van der Waals surface area contributed by atoms with E-state index in [1.54, 1.807) is 0 Å². The van der Waals surface area contributed by atoms with Gasteiger partial charge in [0.15, 0.2) is 0 Å². The van der Waals surface area contributed by atoms with Crippen LogP contribution in [-0.2, 0) is 4.74 Å². The van der Waals surface area contributed by atoms with Gasteiger partial charge in [0, 0.05) is 18.6 Å². The molecule has 132 valence electrons. The molecule has 22 heavy (non-hydrogen) atoms. The van der Waals surface area contributed by atoms with Crippen LogP contribution in [0.2, 0.25) is 0 Å². The Hall–Kier alpha value is -0.120. The summed E-state index contributed by atoms with van der Waals surface area (Å²) in [6.45, 7) is 16.8. The molecule has 4 atom stereocenters. The van der Waals surface area contributed by atoms with Crippen molar-refractivity contribution < 1.29 is 9.84 Å². The highest BCUT2D eigenvalue weighted by Gasteiger charge is 2.32. The van der Waals surface area contributed by atoms with Crippen molar-refractivity contribution in [2.24, 2.45) is 17.8 Å². The van der Waals surface area contributed by atoms with Crippen LogP contribution in [0.25, 0.3) is 0 Å². The summed E-state index contributed by atoms with van der Waals surface area (Å²) in [4.78, 5) is 2.33. The Morgan fingerprint density at radius 2 is 1.64 bits per heavy atom. The Morgan fingerprint density at radius 1 is 1.05 bits per heavy atom. The Balaban J connectivity index is 2.48. The highest BCUT2D eigenvalue weighted by Crippen LogP contribution is 2.35. The van der Waals surface area contributed by atoms with Crippen LogP contribution >= 0.6 is 0 Å². The molecule has 1 fully saturated rings. The molecular formula is C19H39NO2. The molecule has 0 spiro atoms. The zero-order valence-corrected chi connectivity index (χ0v) is 15.9. The van der Waals surface area contributed by atoms with Gasteiger partial charge in [0.05, 0.1) is 18.8 Å². The number of nitrogens with zero attached hydrogens (tertiary/aromatic N) is 1. The van der Waals surface area contributed by atoms with Crippen LogP contribution in [0.3, 0.4) is 0 Å². The third-order valence-electron chi connectivity index (χ3n) is 5.21. The average Bonchev–Trinajstić information content (AvgIpc) is 2.41. The molecule has 0 saturated heterocycles. The molecule has 1 saturated carbocycles. The van der Waals surface area contributed by atoms with Gasteiger partial charge in [-0.3, -0.25) is 4.90 Å². The first-order valence-corrected chi connectivity index (χ1v) is 9.27. The standard InChI is InChI=1S/C19H39NO2/c1-13(2)18-9-8-16(7)10-19(18)22-12-17(21)11-20(14(3)4)15(5)6/h13-19,21H,8-12H2,1-7H3/t16-,17-,18-,19-/m1/s1. The zero-order valence-electron chi connectivity index (χ0n) is 15.9. The molecule has 3 heteroatoms. The van der Waals surface area contributed by atoms with Gasteiger partial charge in [-0.15, -0.1) is 0 Å². The highest BCUT2D eigenvalue weighted by molar-refractivity contribution is 4.82. The molecule has 0 aromatic carbocycles. The minimum Gasteiger partial charge on any atom is -0.389 e. The SMILES string of the molecule is CC(C)[C@H]1CC[C@@H](C)C[C@H]1OC[C@H](O)CN(C(C)C)C(C)C. The number of hydrogen-bond donors (Lipinski definition) is 1. The first kappa shape index (κ1) is 19.9. The van der Waals surface area contributed by atoms with Gasteiger partial charge >= 0.3 is 0 Å². The Kier molecular flexibility index (Phi) is 8.37. The summed E-state index contributed by atoms with van der Waals surface area (Å²) in [7, 11) is 0.